The first-order valence-electron chi connectivity index (χ1n) is 8.20. The molecule has 1 aromatic carbocycles. The highest BCUT2D eigenvalue weighted by Gasteiger charge is 2.36. The normalized spacial score (nSPS) is 14.2. The molecule has 0 saturated heterocycles. The summed E-state index contributed by atoms with van der Waals surface area (Å²) in [6.07, 6.45) is -10.2. The van der Waals surface area contributed by atoms with Gasteiger partial charge in [-0.1, -0.05) is 0 Å². The van der Waals surface area contributed by atoms with Crippen molar-refractivity contribution in [3.8, 4) is 0 Å². The molecule has 28 heavy (non-hydrogen) atoms. The third kappa shape index (κ3) is 3.36. The maximum Gasteiger partial charge on any atom is 0.417 e. The predicted octanol–water partition coefficient (Wildman–Crippen LogP) is 5.08. The van der Waals surface area contributed by atoms with Crippen molar-refractivity contribution in [2.75, 3.05) is 7.11 Å². The molecule has 2 aromatic heterocycles. The predicted molar refractivity (Wildman–Crippen MR) is 91.3 cm³/mol. The van der Waals surface area contributed by atoms with Crippen molar-refractivity contribution in [2.24, 2.45) is 0 Å². The molecule has 1 N–H and O–H groups in total. The fourth-order valence-electron chi connectivity index (χ4n) is 3.62. The van der Waals surface area contributed by atoms with Gasteiger partial charge in [0, 0.05) is 35.0 Å². The number of alkyl halides is 6. The number of benzene rings is 1. The Hall–Kier alpha value is -2.49. The van der Waals surface area contributed by atoms with Crippen LogP contribution in [0, 0.1) is 6.92 Å². The zero-order valence-electron chi connectivity index (χ0n) is 15.0. The van der Waals surface area contributed by atoms with Crippen LogP contribution in [0.15, 0.2) is 23.0 Å². The minimum atomic E-state index is -4.85. The fraction of sp³-hybridized carbons (Fsp3) is 0.389. The summed E-state index contributed by atoms with van der Waals surface area (Å²) in [5.41, 5.74) is -1.90. The number of methoxy groups -OCH3 is 1. The zero-order chi connectivity index (χ0) is 21.0. The highest BCUT2D eigenvalue weighted by atomic mass is 19.4. The lowest BCUT2D eigenvalue weighted by atomic mass is 10.0. The summed E-state index contributed by atoms with van der Waals surface area (Å²) in [5, 5.41) is -0.336. The van der Waals surface area contributed by atoms with Crippen molar-refractivity contribution in [3.63, 3.8) is 0 Å². The van der Waals surface area contributed by atoms with Gasteiger partial charge in [-0.15, -0.1) is 0 Å². The second-order valence-electron chi connectivity index (χ2n) is 6.52. The van der Waals surface area contributed by atoms with Gasteiger partial charge in [0.2, 0.25) is 5.56 Å². The summed E-state index contributed by atoms with van der Waals surface area (Å²) in [6, 6.07) is 2.88. The molecule has 0 aliphatic heterocycles. The minimum Gasteiger partial charge on any atom is -0.376 e. The van der Waals surface area contributed by atoms with E-state index in [9.17, 15) is 31.1 Å². The van der Waals surface area contributed by atoms with Gasteiger partial charge in [0.15, 0.2) is 0 Å². The first-order chi connectivity index (χ1) is 12.8. The quantitative estimate of drug-likeness (QED) is 0.617. The smallest absolute Gasteiger partial charge is 0.376 e. The number of halogens is 6. The number of pyridine rings is 1. The second-order valence-corrected chi connectivity index (χ2v) is 6.52. The molecule has 152 valence electrons. The van der Waals surface area contributed by atoms with Gasteiger partial charge in [-0.3, -0.25) is 4.79 Å². The number of aromatic amines is 1. The van der Waals surface area contributed by atoms with Crippen molar-refractivity contribution >= 4 is 21.8 Å². The summed E-state index contributed by atoms with van der Waals surface area (Å²) in [4.78, 5) is 14.0. The molecule has 1 unspecified atom stereocenters. The van der Waals surface area contributed by atoms with E-state index >= 15 is 0 Å². The lowest BCUT2D eigenvalue weighted by Crippen LogP contribution is -2.20. The Morgan fingerprint density at radius 2 is 1.79 bits per heavy atom. The number of aryl methyl sites for hydroxylation is 1. The van der Waals surface area contributed by atoms with E-state index in [1.807, 2.05) is 0 Å². The highest BCUT2D eigenvalue weighted by molar-refractivity contribution is 6.09. The lowest BCUT2D eigenvalue weighted by molar-refractivity contribution is -0.141. The van der Waals surface area contributed by atoms with Crippen LogP contribution in [0.5, 0.6) is 0 Å². The van der Waals surface area contributed by atoms with Crippen LogP contribution in [-0.4, -0.2) is 22.8 Å². The second kappa shape index (κ2) is 6.54. The molecular weight excluding hydrogens is 390 g/mol. The van der Waals surface area contributed by atoms with E-state index in [1.165, 1.54) is 33.1 Å². The average molecular weight is 406 g/mol. The largest absolute Gasteiger partial charge is 0.417 e. The maximum absolute atomic E-state index is 13.6. The first-order valence-corrected chi connectivity index (χ1v) is 8.20. The Morgan fingerprint density at radius 3 is 2.32 bits per heavy atom. The topological polar surface area (TPSA) is 47.0 Å². The van der Waals surface area contributed by atoms with Crippen molar-refractivity contribution in [2.45, 2.75) is 38.8 Å². The summed E-state index contributed by atoms with van der Waals surface area (Å²) in [7, 11) is 1.30. The monoisotopic (exact) mass is 406 g/mol. The standard InChI is InChI=1S/C18H16F6N2O2/c1-8-14-12(26(7-17(19,20)21)16(8)9(2)28-3)5-4-11-15(14)10(18(22,23)24)6-13(27)25-11/h4-6,9H,7H2,1-3H3,(H,25,27). The zero-order valence-corrected chi connectivity index (χ0v) is 15.0. The van der Waals surface area contributed by atoms with Gasteiger partial charge in [-0.2, -0.15) is 26.3 Å². The van der Waals surface area contributed by atoms with Gasteiger partial charge >= 0.3 is 12.4 Å². The molecule has 4 nitrogen and oxygen atoms in total. The van der Waals surface area contributed by atoms with Crippen molar-refractivity contribution < 1.29 is 31.1 Å². The Kier molecular flexibility index (Phi) is 4.73. The fourth-order valence-corrected chi connectivity index (χ4v) is 3.62. The Labute approximate surface area is 154 Å². The number of rotatable bonds is 3. The number of hydrogen-bond donors (Lipinski definition) is 1. The van der Waals surface area contributed by atoms with Crippen LogP contribution in [0.4, 0.5) is 26.3 Å². The summed E-state index contributed by atoms with van der Waals surface area (Å²) in [5.74, 6) is 0. The highest BCUT2D eigenvalue weighted by Crippen LogP contribution is 2.41. The molecule has 0 radical (unpaired) electrons. The van der Waals surface area contributed by atoms with E-state index in [4.69, 9.17) is 4.74 Å². The van der Waals surface area contributed by atoms with Crippen LogP contribution in [0.25, 0.3) is 21.8 Å². The van der Waals surface area contributed by atoms with Gasteiger partial charge in [0.25, 0.3) is 0 Å². The van der Waals surface area contributed by atoms with Crippen LogP contribution in [-0.2, 0) is 17.5 Å². The van der Waals surface area contributed by atoms with Crippen LogP contribution >= 0.6 is 0 Å². The lowest BCUT2D eigenvalue weighted by Gasteiger charge is -2.17. The molecule has 0 bridgehead atoms. The van der Waals surface area contributed by atoms with E-state index in [0.29, 0.717) is 6.07 Å². The van der Waals surface area contributed by atoms with E-state index in [2.05, 4.69) is 4.98 Å². The Morgan fingerprint density at radius 1 is 1.14 bits per heavy atom. The molecule has 3 rings (SSSR count). The maximum atomic E-state index is 13.6. The third-order valence-electron chi connectivity index (χ3n) is 4.71. The molecule has 2 heterocycles. The molecule has 10 heteroatoms. The SMILES string of the molecule is COC(C)c1c(C)c2c3c(C(F)(F)F)cc(=O)[nH]c3ccc2n1CC(F)(F)F. The first kappa shape index (κ1) is 20.2. The van der Waals surface area contributed by atoms with E-state index < -0.39 is 36.1 Å². The third-order valence-corrected chi connectivity index (χ3v) is 4.71. The molecule has 0 amide bonds. The van der Waals surface area contributed by atoms with Gasteiger partial charge in [0.05, 0.1) is 17.4 Å². The van der Waals surface area contributed by atoms with Gasteiger partial charge in [-0.05, 0) is 31.5 Å². The van der Waals surface area contributed by atoms with Crippen LogP contribution in [0.3, 0.4) is 0 Å². The number of fused-ring (bicyclic) bond motifs is 3. The number of aromatic nitrogens is 2. The molecule has 0 saturated carbocycles. The minimum absolute atomic E-state index is 0.00391. The average Bonchev–Trinajstić information content (AvgIpc) is 2.83. The summed E-state index contributed by atoms with van der Waals surface area (Å²) < 4.78 is 86.4. The number of H-pyrrole nitrogens is 1. The molecular formula is C18H16F6N2O2. The van der Waals surface area contributed by atoms with Crippen molar-refractivity contribution in [1.29, 1.82) is 0 Å². The molecule has 3 aromatic rings. The molecule has 0 fully saturated rings. The van der Waals surface area contributed by atoms with E-state index in [-0.39, 0.29) is 33.1 Å². The molecule has 0 aliphatic carbocycles. The Balaban J connectivity index is 2.55. The molecule has 0 aliphatic rings. The van der Waals surface area contributed by atoms with Gasteiger partial charge in [0.1, 0.15) is 6.54 Å². The van der Waals surface area contributed by atoms with Crippen LogP contribution in [0.1, 0.15) is 29.8 Å². The van der Waals surface area contributed by atoms with E-state index in [1.54, 1.807) is 0 Å². The molecule has 0 spiro atoms. The number of nitrogens with zero attached hydrogens (tertiary/aromatic N) is 1. The van der Waals surface area contributed by atoms with E-state index in [0.717, 1.165) is 4.57 Å². The van der Waals surface area contributed by atoms with Gasteiger partial charge in [-0.25, -0.2) is 0 Å². The van der Waals surface area contributed by atoms with Crippen molar-refractivity contribution in [1.82, 2.24) is 9.55 Å². The molecule has 1 atom stereocenters. The van der Waals surface area contributed by atoms with Crippen LogP contribution in [0.2, 0.25) is 0 Å². The van der Waals surface area contributed by atoms with Gasteiger partial charge < -0.3 is 14.3 Å². The Bertz CT molecular complexity index is 1110. The number of hydrogen-bond acceptors (Lipinski definition) is 2. The number of nitrogens with one attached hydrogen (secondary N) is 1. The number of ether oxygens (including phenoxy) is 1. The summed E-state index contributed by atoms with van der Waals surface area (Å²) in [6.45, 7) is 1.59. The van der Waals surface area contributed by atoms with Crippen molar-refractivity contribution in [3.05, 3.63) is 45.4 Å². The summed E-state index contributed by atoms with van der Waals surface area (Å²) >= 11 is 0. The van der Waals surface area contributed by atoms with Crippen LogP contribution < -0.4 is 5.56 Å².